The molecule has 1 saturated heterocycles. The van der Waals surface area contributed by atoms with E-state index in [1.807, 2.05) is 6.08 Å². The lowest BCUT2D eigenvalue weighted by Crippen LogP contribution is -2.60. The van der Waals surface area contributed by atoms with Crippen molar-refractivity contribution in [3.8, 4) is 0 Å². The smallest absolute Gasteiger partial charge is 0.220 e. The van der Waals surface area contributed by atoms with E-state index in [1.54, 1.807) is 6.08 Å². The summed E-state index contributed by atoms with van der Waals surface area (Å²) in [5.41, 5.74) is 0. The van der Waals surface area contributed by atoms with E-state index in [2.05, 4.69) is 67.8 Å². The number of nitrogens with one attached hydrogen (secondary N) is 1. The summed E-state index contributed by atoms with van der Waals surface area (Å²) in [7, 11) is 0. The van der Waals surface area contributed by atoms with E-state index in [4.69, 9.17) is 9.47 Å². The van der Waals surface area contributed by atoms with Crippen molar-refractivity contribution < 1.29 is 39.8 Å². The highest BCUT2D eigenvalue weighted by molar-refractivity contribution is 5.76. The minimum Gasteiger partial charge on any atom is -0.394 e. The molecule has 1 aliphatic heterocycles. The lowest BCUT2D eigenvalue weighted by molar-refractivity contribution is -0.302. The van der Waals surface area contributed by atoms with Crippen molar-refractivity contribution in [2.75, 3.05) is 13.2 Å². The predicted molar refractivity (Wildman–Crippen MR) is 267 cm³/mol. The summed E-state index contributed by atoms with van der Waals surface area (Å²) < 4.78 is 11.2. The standard InChI is InChI=1S/C55H99NO8/c1-3-5-7-9-11-13-15-17-19-21-23-24-25-27-28-30-32-34-36-38-40-42-44-49(58)48(47-63-55-54(62)53(61)52(60)50(46-57)64-55)56-51(59)45-43-41-39-37-35-33-31-29-26-22-20-18-16-14-12-10-8-6-4-2/h12,14,18,20,26,29,34,36,42,44,48-50,52-55,57-58,60-62H,3-11,13,15-17,19,21-25,27-28,30-33,35,37-41,43,45-47H2,1-2H3,(H,56,59)/b14-12-,20-18-,29-26-,36-34+,44-42+. The number of carbonyl (C=O) groups excluding carboxylic acids is 1. The average Bonchev–Trinajstić information content (AvgIpc) is 3.29. The largest absolute Gasteiger partial charge is 0.394 e. The molecule has 0 radical (unpaired) electrons. The number of ether oxygens (including phenoxy) is 2. The highest BCUT2D eigenvalue weighted by Gasteiger charge is 2.44. The van der Waals surface area contributed by atoms with Crippen LogP contribution in [0.15, 0.2) is 60.8 Å². The van der Waals surface area contributed by atoms with Crippen LogP contribution in [0.3, 0.4) is 0 Å². The van der Waals surface area contributed by atoms with E-state index in [-0.39, 0.29) is 12.5 Å². The molecule has 1 amide bonds. The fraction of sp³-hybridized carbons (Fsp3) is 0.800. The summed E-state index contributed by atoms with van der Waals surface area (Å²) in [6.45, 7) is 3.73. The number of carbonyl (C=O) groups is 1. The Kier molecular flexibility index (Phi) is 41.9. The molecule has 0 saturated carbocycles. The van der Waals surface area contributed by atoms with Gasteiger partial charge in [-0.3, -0.25) is 4.79 Å². The van der Waals surface area contributed by atoms with Crippen LogP contribution in [-0.2, 0) is 14.3 Å². The quantitative estimate of drug-likeness (QED) is 0.0262. The van der Waals surface area contributed by atoms with Crippen molar-refractivity contribution in [2.45, 2.75) is 269 Å². The number of aliphatic hydroxyl groups excluding tert-OH is 5. The molecular weight excluding hydrogens is 803 g/mol. The normalized spacial score (nSPS) is 20.5. The van der Waals surface area contributed by atoms with Crippen molar-refractivity contribution >= 4 is 5.91 Å². The van der Waals surface area contributed by atoms with Gasteiger partial charge in [-0.15, -0.1) is 0 Å². The van der Waals surface area contributed by atoms with E-state index >= 15 is 0 Å². The summed E-state index contributed by atoms with van der Waals surface area (Å²) >= 11 is 0. The van der Waals surface area contributed by atoms with Gasteiger partial charge in [0.1, 0.15) is 24.4 Å². The fourth-order valence-electron chi connectivity index (χ4n) is 8.06. The maximum absolute atomic E-state index is 13.0. The van der Waals surface area contributed by atoms with Crippen LogP contribution in [0.5, 0.6) is 0 Å². The van der Waals surface area contributed by atoms with Crippen LogP contribution in [0.2, 0.25) is 0 Å². The summed E-state index contributed by atoms with van der Waals surface area (Å²) in [5.74, 6) is -0.200. The fourth-order valence-corrected chi connectivity index (χ4v) is 8.06. The molecule has 0 aromatic carbocycles. The van der Waals surface area contributed by atoms with Crippen molar-refractivity contribution in [3.05, 3.63) is 60.8 Å². The van der Waals surface area contributed by atoms with Gasteiger partial charge in [0, 0.05) is 6.42 Å². The molecule has 9 heteroatoms. The average molecular weight is 902 g/mol. The van der Waals surface area contributed by atoms with E-state index < -0.39 is 49.5 Å². The third-order valence-corrected chi connectivity index (χ3v) is 12.3. The van der Waals surface area contributed by atoms with Gasteiger partial charge < -0.3 is 40.3 Å². The summed E-state index contributed by atoms with van der Waals surface area (Å²) in [6, 6.07) is -0.831. The molecule has 9 nitrogen and oxygen atoms in total. The highest BCUT2D eigenvalue weighted by atomic mass is 16.7. The number of hydrogen-bond acceptors (Lipinski definition) is 8. The van der Waals surface area contributed by atoms with E-state index in [0.29, 0.717) is 6.42 Å². The topological polar surface area (TPSA) is 149 Å². The van der Waals surface area contributed by atoms with E-state index in [1.165, 1.54) is 141 Å². The minimum absolute atomic E-state index is 0.200. The van der Waals surface area contributed by atoms with Crippen LogP contribution in [0.4, 0.5) is 0 Å². The number of rotatable bonds is 44. The lowest BCUT2D eigenvalue weighted by atomic mass is 9.99. The molecular formula is C55H99NO8. The van der Waals surface area contributed by atoms with Gasteiger partial charge in [0.25, 0.3) is 0 Å². The Balaban J connectivity index is 2.32. The number of amides is 1. The van der Waals surface area contributed by atoms with Crippen LogP contribution in [0.25, 0.3) is 0 Å². The Labute approximate surface area is 392 Å². The summed E-state index contributed by atoms with van der Waals surface area (Å²) in [4.78, 5) is 13.0. The van der Waals surface area contributed by atoms with Crippen LogP contribution in [0.1, 0.15) is 226 Å². The number of aliphatic hydroxyl groups is 5. The van der Waals surface area contributed by atoms with E-state index in [0.717, 1.165) is 64.2 Å². The van der Waals surface area contributed by atoms with Gasteiger partial charge in [-0.25, -0.2) is 0 Å². The molecule has 372 valence electrons. The van der Waals surface area contributed by atoms with Gasteiger partial charge in [-0.05, 0) is 70.6 Å². The van der Waals surface area contributed by atoms with Crippen LogP contribution in [0, 0.1) is 0 Å². The van der Waals surface area contributed by atoms with Crippen LogP contribution in [-0.4, -0.2) is 87.5 Å². The van der Waals surface area contributed by atoms with Crippen molar-refractivity contribution in [1.82, 2.24) is 5.32 Å². The van der Waals surface area contributed by atoms with E-state index in [9.17, 15) is 30.3 Å². The minimum atomic E-state index is -1.58. The predicted octanol–water partition coefficient (Wildman–Crippen LogP) is 12.3. The van der Waals surface area contributed by atoms with Gasteiger partial charge in [0.2, 0.25) is 5.91 Å². The second-order valence-corrected chi connectivity index (χ2v) is 18.3. The summed E-state index contributed by atoms with van der Waals surface area (Å²) in [6.07, 6.45) is 52.7. The zero-order chi connectivity index (χ0) is 46.6. The molecule has 0 spiro atoms. The molecule has 0 aromatic heterocycles. The van der Waals surface area contributed by atoms with Gasteiger partial charge in [0.05, 0.1) is 25.4 Å². The Morgan fingerprint density at radius 3 is 1.45 bits per heavy atom. The lowest BCUT2D eigenvalue weighted by Gasteiger charge is -2.40. The third kappa shape index (κ3) is 34.2. The zero-order valence-electron chi connectivity index (χ0n) is 41.0. The highest BCUT2D eigenvalue weighted by Crippen LogP contribution is 2.23. The van der Waals surface area contributed by atoms with Crippen molar-refractivity contribution in [3.63, 3.8) is 0 Å². The maximum atomic E-state index is 13.0. The Bertz CT molecular complexity index is 1180. The molecule has 1 rings (SSSR count). The van der Waals surface area contributed by atoms with Crippen molar-refractivity contribution in [1.29, 1.82) is 0 Å². The second kappa shape index (κ2) is 44.7. The molecule has 7 unspecified atom stereocenters. The van der Waals surface area contributed by atoms with Gasteiger partial charge in [-0.1, -0.05) is 209 Å². The third-order valence-electron chi connectivity index (χ3n) is 12.3. The maximum Gasteiger partial charge on any atom is 0.220 e. The molecule has 6 N–H and O–H groups in total. The van der Waals surface area contributed by atoms with Gasteiger partial charge in [-0.2, -0.15) is 0 Å². The Hall–Kier alpha value is -2.11. The monoisotopic (exact) mass is 902 g/mol. The van der Waals surface area contributed by atoms with Crippen LogP contribution < -0.4 is 5.32 Å². The molecule has 64 heavy (non-hydrogen) atoms. The number of hydrogen-bond donors (Lipinski definition) is 6. The number of allylic oxidation sites excluding steroid dienone is 9. The molecule has 7 atom stereocenters. The zero-order valence-corrected chi connectivity index (χ0v) is 41.0. The van der Waals surface area contributed by atoms with Crippen molar-refractivity contribution in [2.24, 2.45) is 0 Å². The Morgan fingerprint density at radius 2 is 0.938 bits per heavy atom. The van der Waals surface area contributed by atoms with Gasteiger partial charge in [0.15, 0.2) is 6.29 Å². The molecule has 1 fully saturated rings. The molecule has 0 aliphatic carbocycles. The molecule has 1 heterocycles. The first-order valence-electron chi connectivity index (χ1n) is 26.5. The first-order chi connectivity index (χ1) is 31.3. The number of unbranched alkanes of at least 4 members (excludes halogenated alkanes) is 26. The summed E-state index contributed by atoms with van der Waals surface area (Å²) in [5, 5.41) is 54.4. The Morgan fingerprint density at radius 1 is 0.531 bits per heavy atom. The molecule has 0 aromatic rings. The van der Waals surface area contributed by atoms with Crippen LogP contribution >= 0.6 is 0 Å². The SMILES string of the molecule is CCCCC/C=C\C/C=C\C/C=C\CCCCCCCCC(=O)NC(COC1OC(CO)C(O)C(O)C1O)C(O)/C=C/CC/C=C/CCCCCCCCCCCCCCCCCC. The molecule has 1 aliphatic rings. The molecule has 0 bridgehead atoms. The van der Waals surface area contributed by atoms with Gasteiger partial charge >= 0.3 is 0 Å². The first-order valence-corrected chi connectivity index (χ1v) is 26.5. The first kappa shape index (κ1) is 59.9. The second-order valence-electron chi connectivity index (χ2n) is 18.3.